The molecule has 0 aliphatic rings. The highest BCUT2D eigenvalue weighted by Gasteiger charge is 2.24. The zero-order valence-corrected chi connectivity index (χ0v) is 10.7. The standard InChI is InChI=1S/C11H19N5O2/c1-3-8-15-11(13-7-5-4-6-12)10(16(17)18)9(2)14-15/h4-5,13H,3,6-8,12H2,1-2H3/b5-4+. The lowest BCUT2D eigenvalue weighted by Crippen LogP contribution is -2.09. The van der Waals surface area contributed by atoms with E-state index in [0.29, 0.717) is 31.1 Å². The molecule has 0 radical (unpaired) electrons. The van der Waals surface area contributed by atoms with E-state index in [4.69, 9.17) is 5.73 Å². The van der Waals surface area contributed by atoms with Gasteiger partial charge in [-0.05, 0) is 13.3 Å². The van der Waals surface area contributed by atoms with Gasteiger partial charge < -0.3 is 11.1 Å². The van der Waals surface area contributed by atoms with Crippen molar-refractivity contribution in [3.8, 4) is 0 Å². The van der Waals surface area contributed by atoms with Crippen molar-refractivity contribution in [2.75, 3.05) is 18.4 Å². The molecule has 1 aromatic rings. The highest BCUT2D eigenvalue weighted by Crippen LogP contribution is 2.28. The number of hydrogen-bond acceptors (Lipinski definition) is 5. The second-order valence-electron chi connectivity index (χ2n) is 3.85. The summed E-state index contributed by atoms with van der Waals surface area (Å²) in [6, 6.07) is 0. The summed E-state index contributed by atoms with van der Waals surface area (Å²) < 4.78 is 1.64. The van der Waals surface area contributed by atoms with E-state index >= 15 is 0 Å². The molecule has 0 atom stereocenters. The van der Waals surface area contributed by atoms with Gasteiger partial charge in [-0.25, -0.2) is 4.68 Å². The number of hydrogen-bond donors (Lipinski definition) is 2. The molecule has 0 amide bonds. The molecule has 0 unspecified atom stereocenters. The van der Waals surface area contributed by atoms with Gasteiger partial charge in [0.25, 0.3) is 0 Å². The van der Waals surface area contributed by atoms with E-state index in [1.54, 1.807) is 17.7 Å². The van der Waals surface area contributed by atoms with Crippen LogP contribution in [0.5, 0.6) is 0 Å². The molecule has 0 saturated heterocycles. The smallest absolute Gasteiger partial charge is 0.333 e. The van der Waals surface area contributed by atoms with E-state index in [9.17, 15) is 10.1 Å². The molecule has 1 aromatic heterocycles. The SMILES string of the molecule is CCCn1nc(C)c([N+](=O)[O-])c1NC/C=C/CN. The second kappa shape index (κ2) is 6.75. The van der Waals surface area contributed by atoms with Crippen molar-refractivity contribution in [1.29, 1.82) is 0 Å². The Hall–Kier alpha value is -1.89. The predicted molar refractivity (Wildman–Crippen MR) is 70.6 cm³/mol. The van der Waals surface area contributed by atoms with E-state index in [1.807, 2.05) is 13.0 Å². The van der Waals surface area contributed by atoms with Crippen molar-refractivity contribution in [3.05, 3.63) is 28.0 Å². The normalized spacial score (nSPS) is 11.1. The Kier molecular flexibility index (Phi) is 5.31. The topological polar surface area (TPSA) is 99.0 Å². The summed E-state index contributed by atoms with van der Waals surface area (Å²) in [5.41, 5.74) is 5.80. The van der Waals surface area contributed by atoms with E-state index in [0.717, 1.165) is 6.42 Å². The number of anilines is 1. The highest BCUT2D eigenvalue weighted by atomic mass is 16.6. The quantitative estimate of drug-likeness (QED) is 0.435. The van der Waals surface area contributed by atoms with Crippen molar-refractivity contribution in [2.45, 2.75) is 26.8 Å². The molecule has 0 bridgehead atoms. The minimum atomic E-state index is -0.399. The molecule has 0 aliphatic carbocycles. The van der Waals surface area contributed by atoms with Crippen LogP contribution >= 0.6 is 0 Å². The summed E-state index contributed by atoms with van der Waals surface area (Å²) in [7, 11) is 0. The second-order valence-corrected chi connectivity index (χ2v) is 3.85. The van der Waals surface area contributed by atoms with Crippen molar-refractivity contribution < 1.29 is 4.92 Å². The van der Waals surface area contributed by atoms with Crippen LogP contribution < -0.4 is 11.1 Å². The zero-order valence-electron chi connectivity index (χ0n) is 10.7. The number of aryl methyl sites for hydroxylation is 2. The Morgan fingerprint density at radius 2 is 2.28 bits per heavy atom. The summed E-state index contributed by atoms with van der Waals surface area (Å²) in [4.78, 5) is 10.6. The summed E-state index contributed by atoms with van der Waals surface area (Å²) in [6.45, 7) is 5.24. The molecular formula is C11H19N5O2. The van der Waals surface area contributed by atoms with Gasteiger partial charge in [-0.15, -0.1) is 0 Å². The number of aromatic nitrogens is 2. The Morgan fingerprint density at radius 1 is 1.56 bits per heavy atom. The maximum Gasteiger partial charge on any atom is 0.333 e. The summed E-state index contributed by atoms with van der Waals surface area (Å²) in [5.74, 6) is 0.459. The molecule has 18 heavy (non-hydrogen) atoms. The minimum absolute atomic E-state index is 0.0459. The predicted octanol–water partition coefficient (Wildman–Crippen LogP) is 1.44. The molecule has 7 heteroatoms. The molecule has 100 valence electrons. The molecule has 1 rings (SSSR count). The van der Waals surface area contributed by atoms with E-state index in [-0.39, 0.29) is 5.69 Å². The fraction of sp³-hybridized carbons (Fsp3) is 0.545. The maximum absolute atomic E-state index is 11.0. The average Bonchev–Trinajstić information content (AvgIpc) is 2.62. The number of nitrogens with zero attached hydrogens (tertiary/aromatic N) is 3. The van der Waals surface area contributed by atoms with Crippen LogP contribution in [-0.4, -0.2) is 27.8 Å². The first-order valence-corrected chi connectivity index (χ1v) is 5.92. The molecule has 7 nitrogen and oxygen atoms in total. The van der Waals surface area contributed by atoms with Crippen LogP contribution in [0.2, 0.25) is 0 Å². The van der Waals surface area contributed by atoms with Crippen LogP contribution in [-0.2, 0) is 6.54 Å². The maximum atomic E-state index is 11.0. The van der Waals surface area contributed by atoms with Crippen molar-refractivity contribution in [2.24, 2.45) is 5.73 Å². The van der Waals surface area contributed by atoms with Gasteiger partial charge in [-0.1, -0.05) is 19.1 Å². The van der Waals surface area contributed by atoms with Gasteiger partial charge >= 0.3 is 5.69 Å². The van der Waals surface area contributed by atoms with Crippen molar-refractivity contribution in [3.63, 3.8) is 0 Å². The number of nitrogens with one attached hydrogen (secondary N) is 1. The highest BCUT2D eigenvalue weighted by molar-refractivity contribution is 5.59. The Bertz CT molecular complexity index is 439. The summed E-state index contributed by atoms with van der Waals surface area (Å²) in [5, 5.41) is 18.2. The molecular weight excluding hydrogens is 234 g/mol. The largest absolute Gasteiger partial charge is 0.361 e. The molecule has 0 spiro atoms. The monoisotopic (exact) mass is 253 g/mol. The Labute approximate surface area is 106 Å². The summed E-state index contributed by atoms with van der Waals surface area (Å²) >= 11 is 0. The van der Waals surface area contributed by atoms with Gasteiger partial charge in [0.1, 0.15) is 5.69 Å². The van der Waals surface area contributed by atoms with Gasteiger partial charge in [-0.3, -0.25) is 10.1 Å². The zero-order chi connectivity index (χ0) is 13.5. The summed E-state index contributed by atoms with van der Waals surface area (Å²) in [6.07, 6.45) is 4.50. The van der Waals surface area contributed by atoms with Crippen LogP contribution in [0.15, 0.2) is 12.2 Å². The average molecular weight is 253 g/mol. The first kappa shape index (κ1) is 14.2. The third-order valence-corrected chi connectivity index (χ3v) is 2.40. The van der Waals surface area contributed by atoms with E-state index < -0.39 is 4.92 Å². The Balaban J connectivity index is 2.96. The van der Waals surface area contributed by atoms with E-state index in [2.05, 4.69) is 10.4 Å². The first-order chi connectivity index (χ1) is 8.61. The first-order valence-electron chi connectivity index (χ1n) is 5.92. The molecule has 0 aromatic carbocycles. The van der Waals surface area contributed by atoms with Gasteiger partial charge in [0.05, 0.1) is 4.92 Å². The minimum Gasteiger partial charge on any atom is -0.361 e. The number of nitrogens with two attached hydrogens (primary N) is 1. The third-order valence-electron chi connectivity index (χ3n) is 2.40. The molecule has 0 fully saturated rings. The lowest BCUT2D eigenvalue weighted by molar-refractivity contribution is -0.384. The molecule has 3 N–H and O–H groups in total. The van der Waals surface area contributed by atoms with Crippen molar-refractivity contribution in [1.82, 2.24) is 9.78 Å². The van der Waals surface area contributed by atoms with Crippen LogP contribution in [0.4, 0.5) is 11.5 Å². The van der Waals surface area contributed by atoms with Gasteiger partial charge in [0.15, 0.2) is 0 Å². The fourth-order valence-electron chi connectivity index (χ4n) is 1.67. The third kappa shape index (κ3) is 3.30. The number of rotatable bonds is 7. The van der Waals surface area contributed by atoms with Crippen LogP contribution in [0.25, 0.3) is 0 Å². The lowest BCUT2D eigenvalue weighted by atomic mass is 10.3. The van der Waals surface area contributed by atoms with Gasteiger partial charge in [-0.2, -0.15) is 5.10 Å². The molecule has 0 saturated carbocycles. The van der Waals surface area contributed by atoms with Gasteiger partial charge in [0.2, 0.25) is 5.82 Å². The molecule has 1 heterocycles. The van der Waals surface area contributed by atoms with Crippen LogP contribution in [0.3, 0.4) is 0 Å². The van der Waals surface area contributed by atoms with E-state index in [1.165, 1.54) is 0 Å². The Morgan fingerprint density at radius 3 is 2.83 bits per heavy atom. The van der Waals surface area contributed by atoms with Crippen LogP contribution in [0.1, 0.15) is 19.0 Å². The van der Waals surface area contributed by atoms with Gasteiger partial charge in [0, 0.05) is 19.6 Å². The number of nitro groups is 1. The molecule has 0 aliphatic heterocycles. The lowest BCUT2D eigenvalue weighted by Gasteiger charge is -2.06. The fourth-order valence-corrected chi connectivity index (χ4v) is 1.67. The van der Waals surface area contributed by atoms with Crippen LogP contribution in [0, 0.1) is 17.0 Å². The van der Waals surface area contributed by atoms with Crippen molar-refractivity contribution >= 4 is 11.5 Å².